The Kier molecular flexibility index (Phi) is 4.68. The number of fused-ring (bicyclic) bond motifs is 1. The Morgan fingerprint density at radius 2 is 1.97 bits per heavy atom. The number of aryl methyl sites for hydroxylation is 1. The van der Waals surface area contributed by atoms with Crippen LogP contribution in [0.4, 0.5) is 5.69 Å². The summed E-state index contributed by atoms with van der Waals surface area (Å²) in [6.45, 7) is 0. The Balaban J connectivity index is 1.50. The standard InChI is InChI=1S/C23H17N5O2S/c1-27-11-3-7-19(27)23(30)26-16-6-2-5-15(13-16)18-9-10-24-22-17(14-25-28(18)22)21(29)20-8-4-12-31-20/h2-14H,1H3,(H,26,30). The highest BCUT2D eigenvalue weighted by atomic mass is 32.1. The number of carbonyl (C=O) groups is 2. The van der Waals surface area contributed by atoms with Crippen molar-refractivity contribution in [3.8, 4) is 11.3 Å². The number of hydrogen-bond acceptors (Lipinski definition) is 5. The number of anilines is 1. The summed E-state index contributed by atoms with van der Waals surface area (Å²) in [5.41, 5.74) is 3.79. The van der Waals surface area contributed by atoms with E-state index in [-0.39, 0.29) is 11.7 Å². The Labute approximate surface area is 181 Å². The maximum atomic E-state index is 12.8. The number of ketones is 1. The molecule has 152 valence electrons. The second kappa shape index (κ2) is 7.66. The van der Waals surface area contributed by atoms with Crippen molar-refractivity contribution < 1.29 is 9.59 Å². The molecular weight excluding hydrogens is 410 g/mol. The highest BCUT2D eigenvalue weighted by Gasteiger charge is 2.18. The van der Waals surface area contributed by atoms with Gasteiger partial charge in [0, 0.05) is 30.7 Å². The van der Waals surface area contributed by atoms with E-state index in [9.17, 15) is 9.59 Å². The van der Waals surface area contributed by atoms with Gasteiger partial charge in [-0.2, -0.15) is 5.10 Å². The average molecular weight is 427 g/mol. The summed E-state index contributed by atoms with van der Waals surface area (Å²) in [4.78, 5) is 30.4. The van der Waals surface area contributed by atoms with Crippen molar-refractivity contribution in [2.45, 2.75) is 0 Å². The van der Waals surface area contributed by atoms with E-state index < -0.39 is 0 Å². The maximum absolute atomic E-state index is 12.8. The molecule has 31 heavy (non-hydrogen) atoms. The topological polar surface area (TPSA) is 81.3 Å². The minimum absolute atomic E-state index is 0.0989. The van der Waals surface area contributed by atoms with Crippen LogP contribution >= 0.6 is 11.3 Å². The molecule has 0 bridgehead atoms. The van der Waals surface area contributed by atoms with Gasteiger partial charge in [-0.25, -0.2) is 9.50 Å². The molecule has 0 aliphatic heterocycles. The fourth-order valence-corrected chi connectivity index (χ4v) is 4.14. The number of nitrogens with one attached hydrogen (secondary N) is 1. The highest BCUT2D eigenvalue weighted by Crippen LogP contribution is 2.25. The molecule has 0 atom stereocenters. The second-order valence-corrected chi connectivity index (χ2v) is 7.92. The molecule has 7 nitrogen and oxygen atoms in total. The molecule has 0 saturated carbocycles. The molecule has 0 unspecified atom stereocenters. The van der Waals surface area contributed by atoms with Crippen LogP contribution in [0.1, 0.15) is 25.7 Å². The van der Waals surface area contributed by atoms with E-state index in [1.807, 2.05) is 61.1 Å². The van der Waals surface area contributed by atoms with Crippen LogP contribution in [0.3, 0.4) is 0 Å². The molecule has 0 saturated heterocycles. The van der Waals surface area contributed by atoms with Crippen molar-refractivity contribution in [1.82, 2.24) is 19.2 Å². The van der Waals surface area contributed by atoms with E-state index >= 15 is 0 Å². The lowest BCUT2D eigenvalue weighted by Gasteiger charge is -2.09. The first-order valence-electron chi connectivity index (χ1n) is 9.56. The van der Waals surface area contributed by atoms with Crippen molar-refractivity contribution in [2.75, 3.05) is 5.32 Å². The molecule has 5 aromatic rings. The summed E-state index contributed by atoms with van der Waals surface area (Å²) >= 11 is 1.39. The first kappa shape index (κ1) is 19.0. The van der Waals surface area contributed by atoms with E-state index in [1.54, 1.807) is 33.6 Å². The summed E-state index contributed by atoms with van der Waals surface area (Å²) in [7, 11) is 1.83. The predicted octanol–water partition coefficient (Wildman–Crippen LogP) is 4.28. The number of thiophene rings is 1. The zero-order valence-electron chi connectivity index (χ0n) is 16.5. The molecule has 8 heteroatoms. The quantitative estimate of drug-likeness (QED) is 0.425. The lowest BCUT2D eigenvalue weighted by molar-refractivity contribution is 0.101. The summed E-state index contributed by atoms with van der Waals surface area (Å²) in [5, 5.41) is 9.21. The average Bonchev–Trinajstić information content (AvgIpc) is 3.53. The minimum Gasteiger partial charge on any atom is -0.347 e. The third-order valence-corrected chi connectivity index (χ3v) is 5.85. The third kappa shape index (κ3) is 3.43. The van der Waals surface area contributed by atoms with Crippen molar-refractivity contribution in [1.29, 1.82) is 0 Å². The molecule has 0 spiro atoms. The van der Waals surface area contributed by atoms with Crippen molar-refractivity contribution in [3.05, 3.63) is 94.7 Å². The number of amides is 1. The van der Waals surface area contributed by atoms with E-state index in [0.717, 1.165) is 11.3 Å². The largest absolute Gasteiger partial charge is 0.347 e. The first-order chi connectivity index (χ1) is 15.1. The predicted molar refractivity (Wildman–Crippen MR) is 120 cm³/mol. The van der Waals surface area contributed by atoms with Crippen molar-refractivity contribution in [3.63, 3.8) is 0 Å². The molecule has 0 fully saturated rings. The molecule has 4 heterocycles. The van der Waals surface area contributed by atoms with E-state index in [2.05, 4.69) is 15.4 Å². The zero-order valence-corrected chi connectivity index (χ0v) is 17.3. The molecule has 0 radical (unpaired) electrons. The Bertz CT molecular complexity index is 1420. The number of aromatic nitrogens is 4. The van der Waals surface area contributed by atoms with Crippen LogP contribution in [0.25, 0.3) is 16.9 Å². The smallest absolute Gasteiger partial charge is 0.272 e. The highest BCUT2D eigenvalue weighted by molar-refractivity contribution is 7.12. The Morgan fingerprint density at radius 1 is 1.06 bits per heavy atom. The van der Waals surface area contributed by atoms with Crippen LogP contribution in [-0.4, -0.2) is 30.9 Å². The molecule has 1 N–H and O–H groups in total. The van der Waals surface area contributed by atoms with Gasteiger partial charge in [0.05, 0.1) is 22.3 Å². The van der Waals surface area contributed by atoms with Gasteiger partial charge in [0.25, 0.3) is 5.91 Å². The number of rotatable bonds is 5. The lowest BCUT2D eigenvalue weighted by atomic mass is 10.1. The van der Waals surface area contributed by atoms with E-state index in [4.69, 9.17) is 0 Å². The molecule has 0 aliphatic carbocycles. The van der Waals surface area contributed by atoms with Crippen LogP contribution in [0.5, 0.6) is 0 Å². The fourth-order valence-electron chi connectivity index (χ4n) is 3.46. The van der Waals surface area contributed by atoms with Gasteiger partial charge in [0.15, 0.2) is 5.65 Å². The monoisotopic (exact) mass is 427 g/mol. The van der Waals surface area contributed by atoms with Crippen LogP contribution in [-0.2, 0) is 7.05 Å². The minimum atomic E-state index is -0.188. The van der Waals surface area contributed by atoms with Gasteiger partial charge >= 0.3 is 0 Å². The summed E-state index contributed by atoms with van der Waals surface area (Å²) in [5.74, 6) is -0.286. The summed E-state index contributed by atoms with van der Waals surface area (Å²) in [6.07, 6.45) is 5.04. The normalized spacial score (nSPS) is 11.0. The molecule has 4 aromatic heterocycles. The van der Waals surface area contributed by atoms with Crippen LogP contribution in [0.15, 0.2) is 78.6 Å². The van der Waals surface area contributed by atoms with E-state index in [0.29, 0.717) is 27.5 Å². The van der Waals surface area contributed by atoms with Gasteiger partial charge in [-0.3, -0.25) is 9.59 Å². The zero-order chi connectivity index (χ0) is 21.4. The van der Waals surface area contributed by atoms with Crippen molar-refractivity contribution in [2.24, 2.45) is 7.05 Å². The molecule has 1 amide bonds. The fraction of sp³-hybridized carbons (Fsp3) is 0.0435. The molecular formula is C23H17N5O2S. The van der Waals surface area contributed by atoms with Gasteiger partial charge in [-0.05, 0) is 41.8 Å². The van der Waals surface area contributed by atoms with Crippen LogP contribution in [0, 0.1) is 0 Å². The van der Waals surface area contributed by atoms with Gasteiger partial charge in [-0.1, -0.05) is 18.2 Å². The van der Waals surface area contributed by atoms with Crippen molar-refractivity contribution >= 4 is 34.4 Å². The number of benzene rings is 1. The van der Waals surface area contributed by atoms with Crippen LogP contribution in [0.2, 0.25) is 0 Å². The van der Waals surface area contributed by atoms with Gasteiger partial charge in [-0.15, -0.1) is 11.3 Å². The number of carbonyl (C=O) groups excluding carboxylic acids is 2. The van der Waals surface area contributed by atoms with E-state index in [1.165, 1.54) is 11.3 Å². The van der Waals surface area contributed by atoms with Gasteiger partial charge < -0.3 is 9.88 Å². The number of hydrogen-bond donors (Lipinski definition) is 1. The molecule has 1 aromatic carbocycles. The summed E-state index contributed by atoms with van der Waals surface area (Å²) in [6, 6.07) is 16.6. The molecule has 5 rings (SSSR count). The van der Waals surface area contributed by atoms with Gasteiger partial charge in [0.1, 0.15) is 5.69 Å². The second-order valence-electron chi connectivity index (χ2n) is 6.97. The van der Waals surface area contributed by atoms with Crippen LogP contribution < -0.4 is 5.32 Å². The third-order valence-electron chi connectivity index (χ3n) is 4.98. The number of nitrogens with zero attached hydrogens (tertiary/aromatic N) is 4. The molecule has 0 aliphatic rings. The van der Waals surface area contributed by atoms with Gasteiger partial charge in [0.2, 0.25) is 5.78 Å². The first-order valence-corrected chi connectivity index (χ1v) is 10.4. The lowest BCUT2D eigenvalue weighted by Crippen LogP contribution is -2.15. The maximum Gasteiger partial charge on any atom is 0.272 e. The Hall–Kier alpha value is -4.04. The SMILES string of the molecule is Cn1cccc1C(=O)Nc1cccc(-c2ccnc3c(C(=O)c4cccs4)cnn23)c1. The Morgan fingerprint density at radius 3 is 2.74 bits per heavy atom. The summed E-state index contributed by atoms with van der Waals surface area (Å²) < 4.78 is 3.42.